The summed E-state index contributed by atoms with van der Waals surface area (Å²) in [7, 11) is 0. The van der Waals surface area contributed by atoms with E-state index in [9.17, 15) is 9.59 Å². The van der Waals surface area contributed by atoms with Crippen LogP contribution in [0, 0.1) is 5.92 Å². The van der Waals surface area contributed by atoms with Crippen LogP contribution < -0.4 is 11.0 Å². The number of nitrogens with one attached hydrogen (secondary N) is 1. The highest BCUT2D eigenvalue weighted by atomic mass is 16.2. The molecule has 0 aliphatic carbocycles. The van der Waals surface area contributed by atoms with E-state index < -0.39 is 0 Å². The summed E-state index contributed by atoms with van der Waals surface area (Å²) in [6, 6.07) is 1.62. The Morgan fingerprint density at radius 3 is 3.15 bits per heavy atom. The van der Waals surface area contributed by atoms with E-state index in [1.165, 1.54) is 10.8 Å². The van der Waals surface area contributed by atoms with Gasteiger partial charge in [-0.2, -0.15) is 0 Å². The van der Waals surface area contributed by atoms with Crippen molar-refractivity contribution in [3.8, 4) is 0 Å². The average molecular weight is 179 g/mol. The lowest BCUT2D eigenvalue weighted by Crippen LogP contribution is -2.38. The van der Waals surface area contributed by atoms with Gasteiger partial charge in [0, 0.05) is 12.7 Å². The highest BCUT2D eigenvalue weighted by Crippen LogP contribution is 2.14. The minimum atomic E-state index is -0.315. The lowest BCUT2D eigenvalue weighted by atomic mass is 10.1. The first-order valence-corrected chi connectivity index (χ1v) is 4.05. The standard InChI is InChI=1S/C8H9N3O2/c1-5-4-11-6(10-7(5)12)2-3-9-8(11)13/h2-3,5H,4H2,1H3,(H,10,12). The van der Waals surface area contributed by atoms with E-state index in [4.69, 9.17) is 0 Å². The average Bonchev–Trinajstić information content (AvgIpc) is 2.09. The molecule has 0 saturated heterocycles. The van der Waals surface area contributed by atoms with Crippen molar-refractivity contribution in [3.05, 3.63) is 22.7 Å². The van der Waals surface area contributed by atoms with Crippen LogP contribution in [0.4, 0.5) is 5.82 Å². The minimum absolute atomic E-state index is 0.0504. The summed E-state index contributed by atoms with van der Waals surface area (Å²) in [6.45, 7) is 2.19. The summed E-state index contributed by atoms with van der Waals surface area (Å²) >= 11 is 0. The number of rotatable bonds is 0. The molecule has 5 nitrogen and oxygen atoms in total. The van der Waals surface area contributed by atoms with Crippen LogP contribution in [0.1, 0.15) is 6.92 Å². The molecular weight excluding hydrogens is 170 g/mol. The third-order valence-electron chi connectivity index (χ3n) is 2.09. The molecule has 0 radical (unpaired) electrons. The first kappa shape index (κ1) is 7.97. The maximum absolute atomic E-state index is 11.2. The van der Waals surface area contributed by atoms with Crippen molar-refractivity contribution < 1.29 is 4.79 Å². The molecule has 5 heteroatoms. The molecular formula is C8H9N3O2. The second-order valence-corrected chi connectivity index (χ2v) is 3.11. The monoisotopic (exact) mass is 179 g/mol. The van der Waals surface area contributed by atoms with Gasteiger partial charge >= 0.3 is 5.69 Å². The molecule has 0 fully saturated rings. The zero-order valence-electron chi connectivity index (χ0n) is 7.15. The molecule has 1 N–H and O–H groups in total. The van der Waals surface area contributed by atoms with E-state index in [-0.39, 0.29) is 17.5 Å². The van der Waals surface area contributed by atoms with Gasteiger partial charge in [0.15, 0.2) is 0 Å². The molecule has 1 aromatic heterocycles. The van der Waals surface area contributed by atoms with Gasteiger partial charge in [-0.25, -0.2) is 9.78 Å². The van der Waals surface area contributed by atoms with Gasteiger partial charge in [0.2, 0.25) is 5.91 Å². The molecule has 0 aromatic carbocycles. The topological polar surface area (TPSA) is 64.0 Å². The zero-order chi connectivity index (χ0) is 9.42. The summed E-state index contributed by atoms with van der Waals surface area (Å²) in [5, 5.41) is 2.63. The zero-order valence-corrected chi connectivity index (χ0v) is 7.15. The van der Waals surface area contributed by atoms with Crippen molar-refractivity contribution in [3.63, 3.8) is 0 Å². The Balaban J connectivity index is 2.54. The molecule has 1 aliphatic heterocycles. The molecule has 1 aromatic rings. The fourth-order valence-corrected chi connectivity index (χ4v) is 1.33. The number of aromatic nitrogens is 2. The van der Waals surface area contributed by atoms with Crippen molar-refractivity contribution in [2.45, 2.75) is 13.5 Å². The SMILES string of the molecule is CC1Cn2c(ccnc2=O)NC1=O. The number of hydrogen-bond acceptors (Lipinski definition) is 3. The van der Waals surface area contributed by atoms with E-state index in [0.717, 1.165) is 0 Å². The van der Waals surface area contributed by atoms with Gasteiger partial charge in [-0.05, 0) is 6.07 Å². The largest absolute Gasteiger partial charge is 0.349 e. The van der Waals surface area contributed by atoms with E-state index in [2.05, 4.69) is 10.3 Å². The smallest absolute Gasteiger partial charge is 0.312 e. The molecule has 13 heavy (non-hydrogen) atoms. The highest BCUT2D eigenvalue weighted by Gasteiger charge is 2.22. The van der Waals surface area contributed by atoms with E-state index in [1.54, 1.807) is 13.0 Å². The lowest BCUT2D eigenvalue weighted by molar-refractivity contribution is -0.120. The van der Waals surface area contributed by atoms with Crippen LogP contribution in [0.5, 0.6) is 0 Å². The van der Waals surface area contributed by atoms with E-state index >= 15 is 0 Å². The van der Waals surface area contributed by atoms with Gasteiger partial charge in [0.1, 0.15) is 5.82 Å². The van der Waals surface area contributed by atoms with Crippen LogP contribution in [0.3, 0.4) is 0 Å². The van der Waals surface area contributed by atoms with Crippen LogP contribution in [-0.4, -0.2) is 15.5 Å². The Kier molecular flexibility index (Phi) is 1.65. The highest BCUT2D eigenvalue weighted by molar-refractivity contribution is 5.92. The maximum Gasteiger partial charge on any atom is 0.349 e. The van der Waals surface area contributed by atoms with E-state index in [0.29, 0.717) is 12.4 Å². The number of carbonyl (C=O) groups excluding carboxylic acids is 1. The van der Waals surface area contributed by atoms with Crippen molar-refractivity contribution in [2.75, 3.05) is 5.32 Å². The Hall–Kier alpha value is -1.65. The molecule has 68 valence electrons. The van der Waals surface area contributed by atoms with Gasteiger partial charge in [-0.15, -0.1) is 0 Å². The summed E-state index contributed by atoms with van der Waals surface area (Å²) in [6.07, 6.45) is 1.39. The van der Waals surface area contributed by atoms with Crippen molar-refractivity contribution in [1.29, 1.82) is 0 Å². The Labute approximate surface area is 74.4 Å². The van der Waals surface area contributed by atoms with Gasteiger partial charge < -0.3 is 5.32 Å². The van der Waals surface area contributed by atoms with Gasteiger partial charge in [-0.3, -0.25) is 9.36 Å². The summed E-state index contributed by atoms with van der Waals surface area (Å²) < 4.78 is 1.46. The fourth-order valence-electron chi connectivity index (χ4n) is 1.33. The Morgan fingerprint density at radius 1 is 1.62 bits per heavy atom. The summed E-state index contributed by atoms with van der Waals surface area (Å²) in [5.74, 6) is 0.308. The van der Waals surface area contributed by atoms with Crippen LogP contribution in [0.25, 0.3) is 0 Å². The maximum atomic E-state index is 11.2. The first-order valence-electron chi connectivity index (χ1n) is 4.05. The fraction of sp³-hybridized carbons (Fsp3) is 0.375. The van der Waals surface area contributed by atoms with Crippen LogP contribution in [0.15, 0.2) is 17.1 Å². The third kappa shape index (κ3) is 1.22. The van der Waals surface area contributed by atoms with E-state index in [1.807, 2.05) is 0 Å². The van der Waals surface area contributed by atoms with Crippen molar-refractivity contribution in [1.82, 2.24) is 9.55 Å². The number of hydrogen-bond donors (Lipinski definition) is 1. The Morgan fingerprint density at radius 2 is 2.38 bits per heavy atom. The van der Waals surface area contributed by atoms with Crippen LogP contribution >= 0.6 is 0 Å². The molecule has 0 spiro atoms. The van der Waals surface area contributed by atoms with Crippen LogP contribution in [0.2, 0.25) is 0 Å². The molecule has 1 amide bonds. The molecule has 2 heterocycles. The predicted octanol–water partition coefficient (Wildman–Crippen LogP) is -0.169. The van der Waals surface area contributed by atoms with Gasteiger partial charge in [-0.1, -0.05) is 6.92 Å². The van der Waals surface area contributed by atoms with Crippen LogP contribution in [-0.2, 0) is 11.3 Å². The van der Waals surface area contributed by atoms with Gasteiger partial charge in [0.25, 0.3) is 0 Å². The molecule has 2 rings (SSSR count). The molecule has 0 bridgehead atoms. The van der Waals surface area contributed by atoms with Gasteiger partial charge in [0.05, 0.1) is 5.92 Å². The number of carbonyl (C=O) groups is 1. The summed E-state index contributed by atoms with van der Waals surface area (Å²) in [5.41, 5.74) is -0.315. The predicted molar refractivity (Wildman–Crippen MR) is 46.3 cm³/mol. The first-order chi connectivity index (χ1) is 6.18. The number of amides is 1. The minimum Gasteiger partial charge on any atom is -0.312 e. The number of nitrogens with zero attached hydrogens (tertiary/aromatic N) is 2. The van der Waals surface area contributed by atoms with Crippen molar-refractivity contribution in [2.24, 2.45) is 5.92 Å². The Bertz CT molecular complexity index is 410. The number of fused-ring (bicyclic) bond motifs is 1. The van der Waals surface area contributed by atoms with Crippen molar-refractivity contribution >= 4 is 11.7 Å². The molecule has 1 aliphatic rings. The lowest BCUT2D eigenvalue weighted by Gasteiger charge is -2.22. The number of anilines is 1. The summed E-state index contributed by atoms with van der Waals surface area (Å²) in [4.78, 5) is 26.0. The second-order valence-electron chi connectivity index (χ2n) is 3.11. The second kappa shape index (κ2) is 2.69. The third-order valence-corrected chi connectivity index (χ3v) is 2.09. The normalized spacial score (nSPS) is 20.7. The molecule has 0 saturated carbocycles. The molecule has 1 unspecified atom stereocenters. The molecule has 1 atom stereocenters. The quantitative estimate of drug-likeness (QED) is 0.601.